The largest absolute Gasteiger partial charge is 0.453 e. The number of alkyl halides is 3. The molecule has 0 N–H and O–H groups in total. The molecular formula is C20H12F4N4O2. The predicted octanol–water partition coefficient (Wildman–Crippen LogP) is 4.95. The van der Waals surface area contributed by atoms with Gasteiger partial charge in [-0.25, -0.2) is 14.4 Å². The number of aromatic nitrogens is 4. The summed E-state index contributed by atoms with van der Waals surface area (Å²) < 4.78 is 59.7. The van der Waals surface area contributed by atoms with Crippen molar-refractivity contribution in [3.8, 4) is 28.3 Å². The van der Waals surface area contributed by atoms with Gasteiger partial charge in [0.05, 0.1) is 11.3 Å². The zero-order valence-electron chi connectivity index (χ0n) is 15.3. The van der Waals surface area contributed by atoms with Crippen LogP contribution in [0, 0.1) is 5.82 Å². The zero-order valence-corrected chi connectivity index (χ0v) is 15.3. The maximum Gasteiger partial charge on any atom is 0.453 e. The van der Waals surface area contributed by atoms with E-state index in [1.165, 1.54) is 42.3 Å². The molecule has 1 aromatic carbocycles. The van der Waals surface area contributed by atoms with Crippen LogP contribution in [0.3, 0.4) is 0 Å². The molecule has 4 rings (SSSR count). The number of pyridine rings is 1. The Balaban J connectivity index is 1.81. The van der Waals surface area contributed by atoms with Crippen molar-refractivity contribution in [2.45, 2.75) is 13.1 Å². The molecule has 0 amide bonds. The third kappa shape index (κ3) is 3.59. The van der Waals surface area contributed by atoms with Crippen molar-refractivity contribution >= 4 is 5.78 Å². The topological polar surface area (TPSA) is 73.8 Å². The smallest absolute Gasteiger partial charge is 0.350 e. The van der Waals surface area contributed by atoms with E-state index in [-0.39, 0.29) is 28.3 Å². The van der Waals surface area contributed by atoms with Gasteiger partial charge in [-0.1, -0.05) is 5.16 Å². The van der Waals surface area contributed by atoms with Crippen molar-refractivity contribution in [3.63, 3.8) is 0 Å². The molecule has 0 radical (unpaired) electrons. The molecule has 30 heavy (non-hydrogen) atoms. The third-order valence-corrected chi connectivity index (χ3v) is 4.32. The lowest BCUT2D eigenvalue weighted by Gasteiger charge is -2.05. The summed E-state index contributed by atoms with van der Waals surface area (Å²) in [6.07, 6.45) is -0.828. The van der Waals surface area contributed by atoms with E-state index in [1.54, 1.807) is 12.1 Å². The van der Waals surface area contributed by atoms with Crippen LogP contribution in [0.5, 0.6) is 0 Å². The first-order valence-corrected chi connectivity index (χ1v) is 8.58. The van der Waals surface area contributed by atoms with Crippen LogP contribution in [0.2, 0.25) is 0 Å². The quantitative estimate of drug-likeness (QED) is 0.348. The Labute approximate surface area is 166 Å². The number of hydrogen-bond acceptors (Lipinski definition) is 5. The molecule has 0 spiro atoms. The maximum absolute atomic E-state index is 13.5. The van der Waals surface area contributed by atoms with Crippen LogP contribution in [0.15, 0.2) is 59.6 Å². The zero-order chi connectivity index (χ0) is 21.5. The summed E-state index contributed by atoms with van der Waals surface area (Å²) in [5, 5.41) is 3.55. The van der Waals surface area contributed by atoms with E-state index >= 15 is 0 Å². The summed E-state index contributed by atoms with van der Waals surface area (Å²) in [6, 6.07) is 7.92. The number of carbonyl (C=O) groups excluding carboxylic acids is 1. The lowest BCUT2D eigenvalue weighted by atomic mass is 10.0. The van der Waals surface area contributed by atoms with Gasteiger partial charge < -0.3 is 4.52 Å². The minimum absolute atomic E-state index is 0.0552. The second-order valence-corrected chi connectivity index (χ2v) is 6.37. The number of Topliss-reactive ketones (excluding diaryl/α,β-unsaturated/α-hetero) is 1. The first-order chi connectivity index (χ1) is 14.2. The predicted molar refractivity (Wildman–Crippen MR) is 97.3 cm³/mol. The van der Waals surface area contributed by atoms with E-state index in [4.69, 9.17) is 0 Å². The molecule has 3 aromatic heterocycles. The standard InChI is InChI=1S/C20H12F4N4O2/c1-11(29)13-4-7-16(25-8-13)28-9-15(26-10-28)17-18(12-2-5-14(21)6-3-12)27-30-19(17)20(22,23)24/h2-10H,1H3. The number of ketones is 1. The minimum atomic E-state index is -4.81. The van der Waals surface area contributed by atoms with Crippen LogP contribution in [0.1, 0.15) is 23.0 Å². The van der Waals surface area contributed by atoms with E-state index in [1.807, 2.05) is 0 Å². The fraction of sp³-hybridized carbons (Fsp3) is 0.100. The number of rotatable bonds is 4. The molecular weight excluding hydrogens is 404 g/mol. The Hall–Kier alpha value is -3.82. The second-order valence-electron chi connectivity index (χ2n) is 6.37. The first-order valence-electron chi connectivity index (χ1n) is 8.58. The van der Waals surface area contributed by atoms with Gasteiger partial charge in [0.25, 0.3) is 0 Å². The van der Waals surface area contributed by atoms with Crippen molar-refractivity contribution < 1.29 is 26.9 Å². The molecule has 0 saturated carbocycles. The van der Waals surface area contributed by atoms with Crippen LogP contribution in [-0.2, 0) is 6.18 Å². The van der Waals surface area contributed by atoms with Gasteiger partial charge in [-0.3, -0.25) is 9.36 Å². The normalized spacial score (nSPS) is 11.6. The summed E-state index contributed by atoms with van der Waals surface area (Å²) in [5.41, 5.74) is 0.0984. The van der Waals surface area contributed by atoms with Crippen molar-refractivity contribution in [1.82, 2.24) is 19.7 Å². The van der Waals surface area contributed by atoms with Gasteiger partial charge >= 0.3 is 6.18 Å². The van der Waals surface area contributed by atoms with E-state index in [0.29, 0.717) is 11.4 Å². The molecule has 0 aliphatic heterocycles. The average molecular weight is 416 g/mol. The molecule has 0 aliphatic carbocycles. The molecule has 0 aliphatic rings. The fourth-order valence-electron chi connectivity index (χ4n) is 2.85. The highest BCUT2D eigenvalue weighted by atomic mass is 19.4. The SMILES string of the molecule is CC(=O)c1ccc(-n2cnc(-c3c(-c4ccc(F)cc4)noc3C(F)(F)F)c2)nc1. The Morgan fingerprint density at radius 3 is 2.40 bits per heavy atom. The fourth-order valence-corrected chi connectivity index (χ4v) is 2.85. The van der Waals surface area contributed by atoms with Gasteiger partial charge in [0.15, 0.2) is 5.78 Å². The van der Waals surface area contributed by atoms with Gasteiger partial charge in [-0.15, -0.1) is 0 Å². The highest BCUT2D eigenvalue weighted by Gasteiger charge is 2.41. The molecule has 0 atom stereocenters. The number of hydrogen-bond donors (Lipinski definition) is 0. The lowest BCUT2D eigenvalue weighted by Crippen LogP contribution is -2.05. The van der Waals surface area contributed by atoms with Crippen LogP contribution in [0.25, 0.3) is 28.3 Å². The highest BCUT2D eigenvalue weighted by Crippen LogP contribution is 2.42. The van der Waals surface area contributed by atoms with Crippen molar-refractivity contribution in [3.05, 3.63) is 72.3 Å². The Bertz CT molecular complexity index is 1210. The van der Waals surface area contributed by atoms with Gasteiger partial charge in [-0.2, -0.15) is 13.2 Å². The number of benzene rings is 1. The minimum Gasteiger partial charge on any atom is -0.350 e. The van der Waals surface area contributed by atoms with Crippen LogP contribution < -0.4 is 0 Å². The molecule has 4 aromatic rings. The van der Waals surface area contributed by atoms with Gasteiger partial charge in [0.1, 0.15) is 23.7 Å². The average Bonchev–Trinajstić information content (AvgIpc) is 3.35. The molecule has 152 valence electrons. The van der Waals surface area contributed by atoms with Crippen molar-refractivity contribution in [1.29, 1.82) is 0 Å². The summed E-state index contributed by atoms with van der Waals surface area (Å²) in [6.45, 7) is 1.40. The molecule has 3 heterocycles. The Morgan fingerprint density at radius 1 is 1.07 bits per heavy atom. The van der Waals surface area contributed by atoms with Gasteiger partial charge in [0.2, 0.25) is 5.76 Å². The molecule has 0 fully saturated rings. The Morgan fingerprint density at radius 2 is 1.80 bits per heavy atom. The van der Waals surface area contributed by atoms with Crippen LogP contribution in [0.4, 0.5) is 17.6 Å². The molecule has 10 heteroatoms. The number of halogens is 4. The Kier molecular flexibility index (Phi) is 4.69. The summed E-state index contributed by atoms with van der Waals surface area (Å²) in [5.74, 6) is -1.66. The maximum atomic E-state index is 13.5. The molecule has 0 saturated heterocycles. The van der Waals surface area contributed by atoms with Crippen molar-refractivity contribution in [2.24, 2.45) is 0 Å². The first kappa shape index (κ1) is 19.5. The van der Waals surface area contributed by atoms with Crippen LogP contribution in [-0.4, -0.2) is 25.5 Å². The lowest BCUT2D eigenvalue weighted by molar-refractivity contribution is -0.154. The summed E-state index contributed by atoms with van der Waals surface area (Å²) in [4.78, 5) is 19.5. The van der Waals surface area contributed by atoms with E-state index in [0.717, 1.165) is 12.1 Å². The third-order valence-electron chi connectivity index (χ3n) is 4.32. The molecule has 0 unspecified atom stereocenters. The van der Waals surface area contributed by atoms with Gasteiger partial charge in [0, 0.05) is 23.5 Å². The van der Waals surface area contributed by atoms with Crippen molar-refractivity contribution in [2.75, 3.05) is 0 Å². The number of carbonyl (C=O) groups is 1. The second kappa shape index (κ2) is 7.21. The molecule has 6 nitrogen and oxygen atoms in total. The van der Waals surface area contributed by atoms with Gasteiger partial charge in [-0.05, 0) is 43.3 Å². The molecule has 0 bridgehead atoms. The van der Waals surface area contributed by atoms with E-state index in [2.05, 4.69) is 19.6 Å². The summed E-state index contributed by atoms with van der Waals surface area (Å²) >= 11 is 0. The number of nitrogens with zero attached hydrogens (tertiary/aromatic N) is 4. The number of imidazole rings is 1. The highest BCUT2D eigenvalue weighted by molar-refractivity contribution is 5.93. The van der Waals surface area contributed by atoms with E-state index < -0.39 is 17.8 Å². The van der Waals surface area contributed by atoms with E-state index in [9.17, 15) is 22.4 Å². The van der Waals surface area contributed by atoms with Crippen LogP contribution >= 0.6 is 0 Å². The summed E-state index contributed by atoms with van der Waals surface area (Å²) in [7, 11) is 0. The monoisotopic (exact) mass is 416 g/mol.